The van der Waals surface area contributed by atoms with Crippen molar-refractivity contribution in [2.24, 2.45) is 11.5 Å². The Morgan fingerprint density at radius 3 is 2.20 bits per heavy atom. The van der Waals surface area contributed by atoms with Crippen molar-refractivity contribution in [2.45, 2.75) is 0 Å². The molecule has 0 spiro atoms. The van der Waals surface area contributed by atoms with Crippen LogP contribution in [0.4, 0.5) is 0 Å². The van der Waals surface area contributed by atoms with Crippen molar-refractivity contribution in [1.82, 2.24) is 4.90 Å². The number of hydrogen-bond acceptors (Lipinski definition) is 3. The number of aliphatic hydroxyl groups excluding tert-OH is 1. The van der Waals surface area contributed by atoms with Gasteiger partial charge in [0.15, 0.2) is 11.1 Å². The first kappa shape index (κ1) is 9.12. The van der Waals surface area contributed by atoms with Crippen LogP contribution in [-0.4, -0.2) is 34.2 Å². The van der Waals surface area contributed by atoms with Gasteiger partial charge >= 0.3 is 0 Å². The van der Waals surface area contributed by atoms with E-state index in [1.54, 1.807) is 0 Å². The van der Waals surface area contributed by atoms with Crippen LogP contribution in [0.25, 0.3) is 0 Å². The quantitative estimate of drug-likeness (QED) is 0.223. The van der Waals surface area contributed by atoms with Gasteiger partial charge in [0.25, 0.3) is 0 Å². The SMILES string of the molecule is N=C(N)N(CCO)C(N)=S. The highest BCUT2D eigenvalue weighted by molar-refractivity contribution is 7.80. The van der Waals surface area contributed by atoms with Gasteiger partial charge in [0.05, 0.1) is 13.2 Å². The lowest BCUT2D eigenvalue weighted by atomic mass is 10.6. The average Bonchev–Trinajstić information content (AvgIpc) is 1.81. The van der Waals surface area contributed by atoms with E-state index in [1.807, 2.05) is 0 Å². The highest BCUT2D eigenvalue weighted by Gasteiger charge is 2.06. The van der Waals surface area contributed by atoms with Crippen LogP contribution in [0.15, 0.2) is 0 Å². The summed E-state index contributed by atoms with van der Waals surface area (Å²) in [5.74, 6) is -0.249. The van der Waals surface area contributed by atoms with E-state index in [4.69, 9.17) is 22.0 Å². The number of nitrogens with zero attached hydrogens (tertiary/aromatic N) is 1. The first-order valence-electron chi connectivity index (χ1n) is 2.61. The first-order chi connectivity index (χ1) is 4.59. The number of nitrogens with two attached hydrogens (primary N) is 2. The molecule has 0 aliphatic rings. The minimum absolute atomic E-state index is 0.00144. The van der Waals surface area contributed by atoms with Crippen molar-refractivity contribution in [3.63, 3.8) is 0 Å². The van der Waals surface area contributed by atoms with Crippen LogP contribution in [0.3, 0.4) is 0 Å². The third-order valence-corrected chi connectivity index (χ3v) is 1.10. The predicted octanol–water partition coefficient (Wildman–Crippen LogP) is -1.58. The monoisotopic (exact) mass is 162 g/mol. The van der Waals surface area contributed by atoms with Crippen LogP contribution in [0.5, 0.6) is 0 Å². The van der Waals surface area contributed by atoms with Gasteiger partial charge in [-0.1, -0.05) is 0 Å². The van der Waals surface area contributed by atoms with Gasteiger partial charge in [-0.25, -0.2) is 0 Å². The number of hydrogen-bond donors (Lipinski definition) is 4. The van der Waals surface area contributed by atoms with E-state index in [-0.39, 0.29) is 24.2 Å². The smallest absolute Gasteiger partial charge is 0.194 e. The lowest BCUT2D eigenvalue weighted by Crippen LogP contribution is -2.45. The Hall–Kier alpha value is -0.880. The highest BCUT2D eigenvalue weighted by Crippen LogP contribution is 1.83. The molecule has 5 nitrogen and oxygen atoms in total. The summed E-state index contributed by atoms with van der Waals surface area (Å²) in [4.78, 5) is 1.13. The largest absolute Gasteiger partial charge is 0.395 e. The van der Waals surface area contributed by atoms with Crippen LogP contribution in [0, 0.1) is 5.41 Å². The van der Waals surface area contributed by atoms with E-state index in [2.05, 4.69) is 12.2 Å². The van der Waals surface area contributed by atoms with Gasteiger partial charge in [-0.05, 0) is 12.2 Å². The first-order valence-corrected chi connectivity index (χ1v) is 3.02. The van der Waals surface area contributed by atoms with E-state index in [0.717, 1.165) is 4.90 Å². The minimum Gasteiger partial charge on any atom is -0.395 e. The average molecular weight is 162 g/mol. The molecule has 0 fully saturated rings. The molecule has 0 amide bonds. The number of guanidine groups is 1. The maximum absolute atomic E-state index is 8.43. The maximum atomic E-state index is 8.43. The van der Waals surface area contributed by atoms with E-state index in [1.165, 1.54) is 0 Å². The number of rotatable bonds is 2. The van der Waals surface area contributed by atoms with Gasteiger partial charge in [-0.2, -0.15) is 0 Å². The van der Waals surface area contributed by atoms with E-state index in [0.29, 0.717) is 0 Å². The zero-order valence-electron chi connectivity index (χ0n) is 5.37. The summed E-state index contributed by atoms with van der Waals surface area (Å²) in [6.07, 6.45) is 0. The molecule has 0 bridgehead atoms. The van der Waals surface area contributed by atoms with Crippen molar-refractivity contribution in [2.75, 3.05) is 13.2 Å². The molecule has 6 heteroatoms. The third-order valence-electron chi connectivity index (χ3n) is 0.880. The molecule has 0 atom stereocenters. The minimum atomic E-state index is -0.249. The zero-order chi connectivity index (χ0) is 8.15. The molecule has 0 radical (unpaired) electrons. The van der Waals surface area contributed by atoms with Gasteiger partial charge in [0.1, 0.15) is 0 Å². The Kier molecular flexibility index (Phi) is 3.67. The molecule has 0 aliphatic heterocycles. The van der Waals surface area contributed by atoms with Crippen LogP contribution in [0.2, 0.25) is 0 Å². The van der Waals surface area contributed by atoms with Crippen molar-refractivity contribution in [3.8, 4) is 0 Å². The molecule has 6 N–H and O–H groups in total. The summed E-state index contributed by atoms with van der Waals surface area (Å²) in [5.41, 5.74) is 10.2. The normalized spacial score (nSPS) is 8.90. The molecular formula is C4H10N4OS. The molecule has 0 saturated heterocycles. The van der Waals surface area contributed by atoms with E-state index < -0.39 is 0 Å². The molecule has 58 valence electrons. The maximum Gasteiger partial charge on any atom is 0.194 e. The number of aliphatic hydroxyl groups is 1. The molecule has 0 heterocycles. The molecule has 0 unspecified atom stereocenters. The molecule has 0 aromatic heterocycles. The van der Waals surface area contributed by atoms with Crippen LogP contribution in [0.1, 0.15) is 0 Å². The molecular weight excluding hydrogens is 152 g/mol. The standard InChI is InChI=1S/C4H10N4OS/c5-3(6)8(1-2-9)4(7)10/h9H,1-2H2,(H3,5,6)(H2,7,10). The lowest BCUT2D eigenvalue weighted by Gasteiger charge is -2.18. The summed E-state index contributed by atoms with van der Waals surface area (Å²) < 4.78 is 0. The van der Waals surface area contributed by atoms with Gasteiger partial charge in [0.2, 0.25) is 0 Å². The van der Waals surface area contributed by atoms with Gasteiger partial charge in [0, 0.05) is 0 Å². The van der Waals surface area contributed by atoms with E-state index >= 15 is 0 Å². The Morgan fingerprint density at radius 1 is 1.60 bits per heavy atom. The Bertz CT molecular complexity index is 134. The van der Waals surface area contributed by atoms with E-state index in [9.17, 15) is 0 Å². The topological polar surface area (TPSA) is 99.4 Å². The lowest BCUT2D eigenvalue weighted by molar-refractivity contribution is 0.277. The van der Waals surface area contributed by atoms with Crippen molar-refractivity contribution >= 4 is 23.3 Å². The van der Waals surface area contributed by atoms with Crippen LogP contribution >= 0.6 is 12.2 Å². The Labute approximate surface area is 64.1 Å². The zero-order valence-corrected chi connectivity index (χ0v) is 6.19. The molecule has 0 aromatic rings. The molecule has 0 saturated carbocycles. The fraction of sp³-hybridized carbons (Fsp3) is 0.500. The van der Waals surface area contributed by atoms with Gasteiger partial charge < -0.3 is 16.6 Å². The predicted molar refractivity (Wildman–Crippen MR) is 42.5 cm³/mol. The fourth-order valence-electron chi connectivity index (χ4n) is 0.449. The number of thiocarbonyl (C=S) groups is 1. The van der Waals surface area contributed by atoms with Crippen molar-refractivity contribution in [3.05, 3.63) is 0 Å². The fourth-order valence-corrected chi connectivity index (χ4v) is 0.639. The molecule has 0 aromatic carbocycles. The van der Waals surface area contributed by atoms with Gasteiger partial charge in [-0.15, -0.1) is 0 Å². The molecule has 0 rings (SSSR count). The van der Waals surface area contributed by atoms with Crippen LogP contribution in [-0.2, 0) is 0 Å². The highest BCUT2D eigenvalue weighted by atomic mass is 32.1. The summed E-state index contributed by atoms with van der Waals surface area (Å²) in [6, 6.07) is 0. The van der Waals surface area contributed by atoms with Gasteiger partial charge in [-0.3, -0.25) is 10.3 Å². The van der Waals surface area contributed by atoms with Crippen molar-refractivity contribution < 1.29 is 5.11 Å². The second-order valence-corrected chi connectivity index (χ2v) is 2.02. The molecule has 0 aliphatic carbocycles. The summed E-state index contributed by atoms with van der Waals surface area (Å²) in [7, 11) is 0. The summed E-state index contributed by atoms with van der Waals surface area (Å²) in [6.45, 7) is 0.0432. The number of nitrogens with one attached hydrogen (secondary N) is 1. The van der Waals surface area contributed by atoms with Crippen LogP contribution < -0.4 is 11.5 Å². The summed E-state index contributed by atoms with van der Waals surface area (Å²) >= 11 is 4.53. The Balaban J connectivity index is 3.98. The third kappa shape index (κ3) is 2.60. The molecule has 10 heavy (non-hydrogen) atoms. The second-order valence-electron chi connectivity index (χ2n) is 1.60. The second kappa shape index (κ2) is 4.02. The summed E-state index contributed by atoms with van der Waals surface area (Å²) in [5, 5.41) is 15.3. The Morgan fingerprint density at radius 2 is 2.10 bits per heavy atom. The van der Waals surface area contributed by atoms with Crippen molar-refractivity contribution in [1.29, 1.82) is 5.41 Å².